The molecular formula is C19H28N6O2S. The molecule has 4 N–H and O–H groups in total. The van der Waals surface area contributed by atoms with E-state index in [0.717, 1.165) is 38.5 Å². The van der Waals surface area contributed by atoms with E-state index in [1.165, 1.54) is 6.20 Å². The highest BCUT2D eigenvalue weighted by atomic mass is 32.2. The van der Waals surface area contributed by atoms with Crippen LogP contribution < -0.4 is 10.2 Å². The van der Waals surface area contributed by atoms with Crippen LogP contribution in [-0.4, -0.2) is 40.1 Å². The van der Waals surface area contributed by atoms with Gasteiger partial charge in [-0.15, -0.1) is 0 Å². The molecule has 4 rings (SSSR count). The second kappa shape index (κ2) is 7.44. The van der Waals surface area contributed by atoms with Crippen LogP contribution in [0.3, 0.4) is 0 Å². The smallest absolute Gasteiger partial charge is 0.214 e. The predicted molar refractivity (Wildman–Crippen MR) is 108 cm³/mol. The Labute approximate surface area is 164 Å². The first-order valence-corrected chi connectivity index (χ1v) is 11.6. The zero-order valence-corrected chi connectivity index (χ0v) is 16.9. The van der Waals surface area contributed by atoms with Gasteiger partial charge in [0.1, 0.15) is 11.3 Å². The Morgan fingerprint density at radius 3 is 2.82 bits per heavy atom. The number of nitrogens with zero attached hydrogens (tertiary/aromatic N) is 2. The topological polar surface area (TPSA) is 127 Å². The summed E-state index contributed by atoms with van der Waals surface area (Å²) in [5.74, 6) is 0.486. The zero-order valence-electron chi connectivity index (χ0n) is 16.1. The SMILES string of the molecule is CC[C@H]1C[C@@H](NS(=O)(=O)C2CCCC2)C[C@@H]1C(=N)n1c(=N)cnc2[nH]ccc21. The molecule has 8 nitrogen and oxygen atoms in total. The second-order valence-electron chi connectivity index (χ2n) is 8.09. The third kappa shape index (κ3) is 3.41. The number of H-pyrrole nitrogens is 1. The van der Waals surface area contributed by atoms with Crippen LogP contribution in [-0.2, 0) is 10.0 Å². The zero-order chi connectivity index (χ0) is 19.9. The van der Waals surface area contributed by atoms with Gasteiger partial charge in [-0.1, -0.05) is 26.2 Å². The van der Waals surface area contributed by atoms with E-state index in [-0.39, 0.29) is 28.6 Å². The lowest BCUT2D eigenvalue weighted by atomic mass is 9.92. The van der Waals surface area contributed by atoms with E-state index >= 15 is 0 Å². The first-order valence-electron chi connectivity index (χ1n) is 10.1. The number of hydrogen-bond donors (Lipinski definition) is 4. The number of rotatable bonds is 5. The van der Waals surface area contributed by atoms with Crippen molar-refractivity contribution in [1.82, 2.24) is 19.3 Å². The van der Waals surface area contributed by atoms with Gasteiger partial charge in [0.05, 0.1) is 17.0 Å². The van der Waals surface area contributed by atoms with Gasteiger partial charge in [-0.3, -0.25) is 15.4 Å². The Kier molecular flexibility index (Phi) is 5.13. The highest BCUT2D eigenvalue weighted by Gasteiger charge is 2.40. The average molecular weight is 405 g/mol. The summed E-state index contributed by atoms with van der Waals surface area (Å²) in [6.07, 6.45) is 8.89. The van der Waals surface area contributed by atoms with E-state index in [2.05, 4.69) is 21.6 Å². The van der Waals surface area contributed by atoms with E-state index in [1.807, 2.05) is 6.07 Å². The number of fused-ring (bicyclic) bond motifs is 1. The molecule has 0 spiro atoms. The van der Waals surface area contributed by atoms with Crippen molar-refractivity contribution in [3.63, 3.8) is 0 Å². The van der Waals surface area contributed by atoms with Crippen LogP contribution in [0.1, 0.15) is 51.9 Å². The number of aromatic nitrogens is 3. The highest BCUT2D eigenvalue weighted by Crippen LogP contribution is 2.36. The Morgan fingerprint density at radius 2 is 2.11 bits per heavy atom. The lowest BCUT2D eigenvalue weighted by molar-refractivity contribution is 0.453. The van der Waals surface area contributed by atoms with Crippen molar-refractivity contribution in [3.8, 4) is 0 Å². The van der Waals surface area contributed by atoms with Gasteiger partial charge in [0, 0.05) is 18.2 Å². The van der Waals surface area contributed by atoms with Crippen LogP contribution in [0.25, 0.3) is 11.2 Å². The largest absolute Gasteiger partial charge is 0.345 e. The van der Waals surface area contributed by atoms with Gasteiger partial charge in [0.25, 0.3) is 0 Å². The summed E-state index contributed by atoms with van der Waals surface area (Å²) in [5, 5.41) is 16.8. The first-order chi connectivity index (χ1) is 13.4. The van der Waals surface area contributed by atoms with Gasteiger partial charge in [-0.25, -0.2) is 18.1 Å². The van der Waals surface area contributed by atoms with Crippen molar-refractivity contribution in [1.29, 1.82) is 10.8 Å². The van der Waals surface area contributed by atoms with Crippen molar-refractivity contribution in [2.45, 2.75) is 63.2 Å². The summed E-state index contributed by atoms with van der Waals surface area (Å²) in [4.78, 5) is 7.23. The van der Waals surface area contributed by atoms with Crippen LogP contribution in [0.4, 0.5) is 0 Å². The lowest BCUT2D eigenvalue weighted by Crippen LogP contribution is -2.39. The molecule has 0 amide bonds. The highest BCUT2D eigenvalue weighted by molar-refractivity contribution is 7.90. The van der Waals surface area contributed by atoms with Gasteiger partial charge in [-0.05, 0) is 37.7 Å². The molecule has 2 aromatic heterocycles. The fraction of sp³-hybridized carbons (Fsp3) is 0.632. The fourth-order valence-corrected chi connectivity index (χ4v) is 6.71. The molecule has 2 saturated carbocycles. The second-order valence-corrected chi connectivity index (χ2v) is 10.1. The first kappa shape index (κ1) is 19.3. The summed E-state index contributed by atoms with van der Waals surface area (Å²) in [6.45, 7) is 2.09. The molecule has 2 aliphatic rings. The summed E-state index contributed by atoms with van der Waals surface area (Å²) in [6, 6.07) is 1.68. The fourth-order valence-electron chi connectivity index (χ4n) is 4.91. The van der Waals surface area contributed by atoms with Crippen LogP contribution in [0.5, 0.6) is 0 Å². The lowest BCUT2D eigenvalue weighted by Gasteiger charge is -2.21. The third-order valence-electron chi connectivity index (χ3n) is 6.38. The van der Waals surface area contributed by atoms with Gasteiger partial charge >= 0.3 is 0 Å². The maximum Gasteiger partial charge on any atom is 0.214 e. The van der Waals surface area contributed by atoms with Crippen molar-refractivity contribution in [2.24, 2.45) is 11.8 Å². The van der Waals surface area contributed by atoms with Crippen LogP contribution in [0, 0.1) is 22.7 Å². The number of aromatic amines is 1. The van der Waals surface area contributed by atoms with Crippen LogP contribution in [0.15, 0.2) is 18.5 Å². The summed E-state index contributed by atoms with van der Waals surface area (Å²) >= 11 is 0. The van der Waals surface area contributed by atoms with E-state index < -0.39 is 10.0 Å². The molecule has 2 aliphatic carbocycles. The number of sulfonamides is 1. The van der Waals surface area contributed by atoms with Crippen molar-refractivity contribution in [3.05, 3.63) is 23.9 Å². The van der Waals surface area contributed by atoms with E-state index in [0.29, 0.717) is 23.4 Å². The van der Waals surface area contributed by atoms with Gasteiger partial charge < -0.3 is 4.98 Å². The maximum absolute atomic E-state index is 12.7. The molecule has 0 radical (unpaired) electrons. The molecule has 3 atom stereocenters. The molecule has 0 bridgehead atoms. The minimum absolute atomic E-state index is 0.0871. The Balaban J connectivity index is 1.57. The normalized spacial score (nSPS) is 26.2. The molecule has 2 aromatic rings. The molecule has 9 heteroatoms. The molecular weight excluding hydrogens is 376 g/mol. The Morgan fingerprint density at radius 1 is 1.36 bits per heavy atom. The van der Waals surface area contributed by atoms with Gasteiger partial charge in [-0.2, -0.15) is 0 Å². The summed E-state index contributed by atoms with van der Waals surface area (Å²) < 4.78 is 30.0. The number of hydrogen-bond acceptors (Lipinski definition) is 5. The van der Waals surface area contributed by atoms with E-state index in [1.54, 1.807) is 10.8 Å². The standard InChI is InChI=1S/C19H28N6O2S/c1-2-12-9-13(24-28(26,27)14-5-3-4-6-14)10-15(12)18(21)25-16-7-8-22-19(16)23-11-17(25)20/h7-8,11-15,20-22,24H,2-6,9-10H2,1H3/t12-,13+,15-/m0/s1. The Hall–Kier alpha value is -2.00. The number of nitrogens with one attached hydrogen (secondary N) is 4. The van der Waals surface area contributed by atoms with Gasteiger partial charge in [0.15, 0.2) is 5.65 Å². The molecule has 0 saturated heterocycles. The summed E-state index contributed by atoms with van der Waals surface area (Å²) in [5.41, 5.74) is 1.52. The maximum atomic E-state index is 12.7. The monoisotopic (exact) mass is 404 g/mol. The van der Waals surface area contributed by atoms with Crippen LogP contribution >= 0.6 is 0 Å². The van der Waals surface area contributed by atoms with Crippen molar-refractivity contribution < 1.29 is 8.42 Å². The van der Waals surface area contributed by atoms with Crippen LogP contribution in [0.2, 0.25) is 0 Å². The average Bonchev–Trinajstić information content (AvgIpc) is 3.40. The van der Waals surface area contributed by atoms with Crippen molar-refractivity contribution in [2.75, 3.05) is 0 Å². The van der Waals surface area contributed by atoms with Crippen molar-refractivity contribution >= 4 is 27.0 Å². The molecule has 0 aliphatic heterocycles. The molecule has 2 heterocycles. The molecule has 0 aromatic carbocycles. The molecule has 28 heavy (non-hydrogen) atoms. The minimum atomic E-state index is -3.30. The quantitative estimate of drug-likeness (QED) is 0.451. The summed E-state index contributed by atoms with van der Waals surface area (Å²) in [7, 11) is -3.30. The molecule has 2 fully saturated rings. The predicted octanol–water partition coefficient (Wildman–Crippen LogP) is 2.34. The molecule has 0 unspecified atom stereocenters. The minimum Gasteiger partial charge on any atom is -0.345 e. The van der Waals surface area contributed by atoms with Gasteiger partial charge in [0.2, 0.25) is 10.0 Å². The Bertz CT molecular complexity index is 1030. The molecule has 152 valence electrons. The van der Waals surface area contributed by atoms with E-state index in [9.17, 15) is 8.42 Å². The third-order valence-corrected chi connectivity index (χ3v) is 8.40. The van der Waals surface area contributed by atoms with E-state index in [4.69, 9.17) is 10.8 Å².